The molecule has 2 nitrogen and oxygen atoms in total. The van der Waals surface area contributed by atoms with Crippen molar-refractivity contribution in [1.82, 2.24) is 9.55 Å². The SMILES string of the molecule is CCCCCCCCCCCCCCCC(CCCCCC)c1nccn1C(C)C. The molecule has 30 heavy (non-hydrogen) atoms. The van der Waals surface area contributed by atoms with Crippen LogP contribution in [-0.2, 0) is 0 Å². The molecule has 0 aliphatic rings. The number of aromatic nitrogens is 2. The van der Waals surface area contributed by atoms with Crippen molar-refractivity contribution in [3.8, 4) is 0 Å². The number of imidazole rings is 1. The molecule has 0 bridgehead atoms. The van der Waals surface area contributed by atoms with E-state index in [1.54, 1.807) is 0 Å². The van der Waals surface area contributed by atoms with E-state index in [2.05, 4.69) is 38.5 Å². The van der Waals surface area contributed by atoms with Gasteiger partial charge in [-0.15, -0.1) is 0 Å². The van der Waals surface area contributed by atoms with Gasteiger partial charge in [-0.25, -0.2) is 4.98 Å². The Labute approximate surface area is 189 Å². The number of nitrogens with zero attached hydrogens (tertiary/aromatic N) is 2. The third kappa shape index (κ3) is 12.8. The molecule has 0 aliphatic carbocycles. The van der Waals surface area contributed by atoms with Crippen molar-refractivity contribution in [2.75, 3.05) is 0 Å². The van der Waals surface area contributed by atoms with E-state index in [-0.39, 0.29) is 0 Å². The van der Waals surface area contributed by atoms with Gasteiger partial charge in [0.2, 0.25) is 0 Å². The highest BCUT2D eigenvalue weighted by Gasteiger charge is 2.17. The minimum atomic E-state index is 0.521. The van der Waals surface area contributed by atoms with Crippen LogP contribution in [0.4, 0.5) is 0 Å². The highest BCUT2D eigenvalue weighted by Crippen LogP contribution is 2.29. The summed E-state index contributed by atoms with van der Waals surface area (Å²) in [5.74, 6) is 2.01. The molecule has 0 aliphatic heterocycles. The summed E-state index contributed by atoms with van der Waals surface area (Å²) in [5.41, 5.74) is 0. The average Bonchev–Trinajstić information content (AvgIpc) is 3.23. The predicted molar refractivity (Wildman–Crippen MR) is 134 cm³/mol. The smallest absolute Gasteiger partial charge is 0.111 e. The Kier molecular flexibility index (Phi) is 17.2. The van der Waals surface area contributed by atoms with Crippen LogP contribution in [0.1, 0.15) is 167 Å². The lowest BCUT2D eigenvalue weighted by Gasteiger charge is -2.20. The molecule has 176 valence electrons. The van der Waals surface area contributed by atoms with Gasteiger partial charge in [0.15, 0.2) is 0 Å². The zero-order chi connectivity index (χ0) is 21.9. The Balaban J connectivity index is 2.17. The van der Waals surface area contributed by atoms with Crippen LogP contribution >= 0.6 is 0 Å². The fraction of sp³-hybridized carbons (Fsp3) is 0.893. The van der Waals surface area contributed by atoms with Crippen molar-refractivity contribution in [3.63, 3.8) is 0 Å². The second-order valence-electron chi connectivity index (χ2n) is 9.86. The third-order valence-electron chi connectivity index (χ3n) is 6.68. The number of unbranched alkanes of at least 4 members (excludes halogenated alkanes) is 15. The van der Waals surface area contributed by atoms with E-state index in [9.17, 15) is 0 Å². The molecule has 1 unspecified atom stereocenters. The highest BCUT2D eigenvalue weighted by atomic mass is 15.1. The number of hydrogen-bond donors (Lipinski definition) is 0. The minimum absolute atomic E-state index is 0.521. The van der Waals surface area contributed by atoms with E-state index in [4.69, 9.17) is 4.98 Å². The molecule has 0 fully saturated rings. The van der Waals surface area contributed by atoms with Gasteiger partial charge < -0.3 is 4.57 Å². The molecular formula is C28H54N2. The standard InChI is InChI=1S/C28H54N2/c1-5-7-9-11-12-13-14-15-16-17-18-19-21-23-27(22-20-10-8-6-2)28-29-24-25-30(28)26(3)4/h24-27H,5-23H2,1-4H3. The predicted octanol–water partition coefficient (Wildman–Crippen LogP) is 10.00. The second kappa shape index (κ2) is 18.9. The van der Waals surface area contributed by atoms with E-state index in [1.807, 2.05) is 6.20 Å². The minimum Gasteiger partial charge on any atom is -0.332 e. The Morgan fingerprint density at radius 2 is 1.03 bits per heavy atom. The molecular weight excluding hydrogens is 364 g/mol. The maximum Gasteiger partial charge on any atom is 0.111 e. The van der Waals surface area contributed by atoms with E-state index >= 15 is 0 Å². The van der Waals surface area contributed by atoms with E-state index in [0.29, 0.717) is 12.0 Å². The van der Waals surface area contributed by atoms with Crippen LogP contribution in [0.3, 0.4) is 0 Å². The van der Waals surface area contributed by atoms with Crippen molar-refractivity contribution in [2.45, 2.75) is 162 Å². The first-order valence-corrected chi connectivity index (χ1v) is 13.7. The average molecular weight is 419 g/mol. The summed E-state index contributed by atoms with van der Waals surface area (Å²) >= 11 is 0. The quantitative estimate of drug-likeness (QED) is 0.182. The van der Waals surface area contributed by atoms with Crippen molar-refractivity contribution >= 4 is 0 Å². The zero-order valence-corrected chi connectivity index (χ0v) is 21.1. The number of rotatable bonds is 21. The van der Waals surface area contributed by atoms with Crippen molar-refractivity contribution in [3.05, 3.63) is 18.2 Å². The fourth-order valence-corrected chi connectivity index (χ4v) is 4.71. The third-order valence-corrected chi connectivity index (χ3v) is 6.68. The molecule has 0 saturated carbocycles. The molecule has 1 atom stereocenters. The lowest BCUT2D eigenvalue weighted by molar-refractivity contribution is 0.444. The van der Waals surface area contributed by atoms with Gasteiger partial charge in [-0.1, -0.05) is 123 Å². The van der Waals surface area contributed by atoms with Crippen molar-refractivity contribution in [1.29, 1.82) is 0 Å². The van der Waals surface area contributed by atoms with Crippen LogP contribution in [0, 0.1) is 0 Å². The molecule has 1 aromatic rings. The summed E-state index contributed by atoms with van der Waals surface area (Å²) < 4.78 is 2.41. The van der Waals surface area contributed by atoms with Crippen LogP contribution in [0.15, 0.2) is 12.4 Å². The van der Waals surface area contributed by atoms with Crippen LogP contribution in [-0.4, -0.2) is 9.55 Å². The largest absolute Gasteiger partial charge is 0.332 e. The Hall–Kier alpha value is -0.790. The lowest BCUT2D eigenvalue weighted by atomic mass is 9.93. The summed E-state index contributed by atoms with van der Waals surface area (Å²) in [6.07, 6.45) is 31.0. The van der Waals surface area contributed by atoms with E-state index in [1.165, 1.54) is 128 Å². The van der Waals surface area contributed by atoms with Gasteiger partial charge in [0.05, 0.1) is 0 Å². The summed E-state index contributed by atoms with van der Waals surface area (Å²) in [5, 5.41) is 0. The van der Waals surface area contributed by atoms with Crippen molar-refractivity contribution in [2.24, 2.45) is 0 Å². The van der Waals surface area contributed by atoms with Crippen LogP contribution in [0.5, 0.6) is 0 Å². The van der Waals surface area contributed by atoms with E-state index < -0.39 is 0 Å². The molecule has 2 heteroatoms. The molecule has 1 heterocycles. The van der Waals surface area contributed by atoms with Crippen LogP contribution in [0.2, 0.25) is 0 Å². The Bertz CT molecular complexity index is 477. The van der Waals surface area contributed by atoms with Crippen molar-refractivity contribution < 1.29 is 0 Å². The fourth-order valence-electron chi connectivity index (χ4n) is 4.71. The summed E-state index contributed by atoms with van der Waals surface area (Å²) in [6, 6.07) is 0.521. The van der Waals surface area contributed by atoms with Gasteiger partial charge >= 0.3 is 0 Å². The molecule has 0 spiro atoms. The first-order chi connectivity index (χ1) is 14.7. The number of hydrogen-bond acceptors (Lipinski definition) is 1. The second-order valence-corrected chi connectivity index (χ2v) is 9.86. The first-order valence-electron chi connectivity index (χ1n) is 13.7. The Morgan fingerprint density at radius 3 is 1.47 bits per heavy atom. The monoisotopic (exact) mass is 418 g/mol. The molecule has 0 saturated heterocycles. The topological polar surface area (TPSA) is 17.8 Å². The van der Waals surface area contributed by atoms with Gasteiger partial charge in [-0.2, -0.15) is 0 Å². The van der Waals surface area contributed by atoms with Gasteiger partial charge in [-0.05, 0) is 26.7 Å². The zero-order valence-electron chi connectivity index (χ0n) is 21.1. The molecule has 0 amide bonds. The molecule has 0 radical (unpaired) electrons. The maximum absolute atomic E-state index is 4.78. The highest BCUT2D eigenvalue weighted by molar-refractivity contribution is 5.02. The first kappa shape index (κ1) is 27.2. The van der Waals surface area contributed by atoms with Crippen LogP contribution in [0.25, 0.3) is 0 Å². The summed E-state index contributed by atoms with van der Waals surface area (Å²) in [6.45, 7) is 9.17. The lowest BCUT2D eigenvalue weighted by Crippen LogP contribution is -2.11. The normalized spacial score (nSPS) is 12.7. The molecule has 0 aromatic carbocycles. The van der Waals surface area contributed by atoms with Crippen LogP contribution < -0.4 is 0 Å². The summed E-state index contributed by atoms with van der Waals surface area (Å²) in [4.78, 5) is 4.78. The van der Waals surface area contributed by atoms with Gasteiger partial charge in [0.25, 0.3) is 0 Å². The van der Waals surface area contributed by atoms with Gasteiger partial charge in [0.1, 0.15) is 5.82 Å². The van der Waals surface area contributed by atoms with Gasteiger partial charge in [0, 0.05) is 24.4 Å². The molecule has 1 aromatic heterocycles. The summed E-state index contributed by atoms with van der Waals surface area (Å²) in [7, 11) is 0. The van der Waals surface area contributed by atoms with Gasteiger partial charge in [-0.3, -0.25) is 0 Å². The molecule has 1 rings (SSSR count). The Morgan fingerprint density at radius 1 is 0.633 bits per heavy atom. The van der Waals surface area contributed by atoms with E-state index in [0.717, 1.165) is 0 Å². The molecule has 0 N–H and O–H groups in total. The maximum atomic E-state index is 4.78.